The molecule has 2 rings (SSSR count). The molecule has 1 saturated heterocycles. The normalized spacial score (nSPS) is 27.1. The van der Waals surface area contributed by atoms with E-state index in [0.717, 1.165) is 4.88 Å². The molecule has 0 aliphatic carbocycles. The topological polar surface area (TPSA) is 67.4 Å². The first-order valence-electron chi connectivity index (χ1n) is 6.37. The third kappa shape index (κ3) is 3.26. The summed E-state index contributed by atoms with van der Waals surface area (Å²) in [7, 11) is -1.73. The monoisotopic (exact) mass is 382 g/mol. The van der Waals surface area contributed by atoms with E-state index in [1.54, 1.807) is 6.07 Å². The van der Waals surface area contributed by atoms with E-state index in [9.17, 15) is 8.42 Å². The minimum absolute atomic E-state index is 0.133. The zero-order chi connectivity index (χ0) is 15.0. The van der Waals surface area contributed by atoms with Crippen molar-refractivity contribution in [2.75, 3.05) is 13.7 Å². The number of rotatable bonds is 5. The highest BCUT2D eigenvalue weighted by molar-refractivity contribution is 9.11. The van der Waals surface area contributed by atoms with E-state index in [-0.39, 0.29) is 6.10 Å². The van der Waals surface area contributed by atoms with Crippen molar-refractivity contribution in [3.05, 3.63) is 14.7 Å². The van der Waals surface area contributed by atoms with Crippen LogP contribution in [-0.2, 0) is 21.3 Å². The first-order valence-corrected chi connectivity index (χ1v) is 9.46. The summed E-state index contributed by atoms with van der Waals surface area (Å²) in [6.07, 6.45) is 0.546. The average molecular weight is 383 g/mol. The predicted octanol–water partition coefficient (Wildman–Crippen LogP) is 2.08. The molecule has 1 aromatic rings. The largest absolute Gasteiger partial charge is 0.376 e. The van der Waals surface area contributed by atoms with Gasteiger partial charge in [0, 0.05) is 18.0 Å². The Bertz CT molecular complexity index is 588. The van der Waals surface area contributed by atoms with Crippen LogP contribution in [0.3, 0.4) is 0 Å². The summed E-state index contributed by atoms with van der Waals surface area (Å²) in [6, 6.07) is 1.71. The highest BCUT2D eigenvalue weighted by Crippen LogP contribution is 2.34. The highest BCUT2D eigenvalue weighted by atomic mass is 79.9. The van der Waals surface area contributed by atoms with Gasteiger partial charge in [0.25, 0.3) is 0 Å². The molecular formula is C12H19BrN2O3S2. The van der Waals surface area contributed by atoms with Crippen molar-refractivity contribution in [2.24, 2.45) is 0 Å². The van der Waals surface area contributed by atoms with Gasteiger partial charge in [-0.1, -0.05) is 0 Å². The lowest BCUT2D eigenvalue weighted by Crippen LogP contribution is -2.50. The Hall–Kier alpha value is 0.01000. The highest BCUT2D eigenvalue weighted by Gasteiger charge is 2.41. The minimum Gasteiger partial charge on any atom is -0.376 e. The third-order valence-corrected chi connectivity index (χ3v) is 7.47. The van der Waals surface area contributed by atoms with Crippen LogP contribution in [0.4, 0.5) is 0 Å². The first-order chi connectivity index (χ1) is 9.28. The number of halogens is 1. The van der Waals surface area contributed by atoms with Gasteiger partial charge in [-0.3, -0.25) is 0 Å². The Labute approximate surface area is 132 Å². The summed E-state index contributed by atoms with van der Waals surface area (Å²) in [5, 5.41) is 3.02. The SMILES string of the molecule is CNCc1cc(S(=O)(=O)NC2(C)CCOC2C)c(Br)s1. The van der Waals surface area contributed by atoms with Crippen LogP contribution in [0.1, 0.15) is 25.1 Å². The molecule has 2 atom stereocenters. The van der Waals surface area contributed by atoms with Gasteiger partial charge in [0.05, 0.1) is 15.4 Å². The van der Waals surface area contributed by atoms with Crippen LogP contribution in [0.25, 0.3) is 0 Å². The Morgan fingerprint density at radius 3 is 2.85 bits per heavy atom. The van der Waals surface area contributed by atoms with Crippen LogP contribution >= 0.6 is 27.3 Å². The van der Waals surface area contributed by atoms with Crippen molar-refractivity contribution >= 4 is 37.3 Å². The molecule has 20 heavy (non-hydrogen) atoms. The van der Waals surface area contributed by atoms with Gasteiger partial charge < -0.3 is 10.1 Å². The van der Waals surface area contributed by atoms with Crippen LogP contribution in [0, 0.1) is 0 Å². The second-order valence-electron chi connectivity index (χ2n) is 5.17. The maximum atomic E-state index is 12.6. The summed E-state index contributed by atoms with van der Waals surface area (Å²) >= 11 is 4.77. The Balaban J connectivity index is 2.26. The second-order valence-corrected chi connectivity index (χ2v) is 9.27. The van der Waals surface area contributed by atoms with Crippen molar-refractivity contribution in [3.63, 3.8) is 0 Å². The zero-order valence-corrected chi connectivity index (χ0v) is 14.9. The van der Waals surface area contributed by atoms with Gasteiger partial charge >= 0.3 is 0 Å². The van der Waals surface area contributed by atoms with Gasteiger partial charge in [-0.25, -0.2) is 13.1 Å². The van der Waals surface area contributed by atoms with E-state index in [0.29, 0.717) is 28.3 Å². The molecule has 0 saturated carbocycles. The summed E-state index contributed by atoms with van der Waals surface area (Å²) in [5.74, 6) is 0. The van der Waals surface area contributed by atoms with Crippen LogP contribution < -0.4 is 10.0 Å². The lowest BCUT2D eigenvalue weighted by atomic mass is 9.97. The van der Waals surface area contributed by atoms with Crippen LogP contribution in [0.2, 0.25) is 0 Å². The summed E-state index contributed by atoms with van der Waals surface area (Å²) in [5.41, 5.74) is -0.552. The summed E-state index contributed by atoms with van der Waals surface area (Å²) < 4.78 is 34.0. The molecule has 1 aliphatic rings. The van der Waals surface area contributed by atoms with Gasteiger partial charge in [-0.05, 0) is 49.3 Å². The van der Waals surface area contributed by atoms with Crippen LogP contribution in [0.15, 0.2) is 14.7 Å². The molecule has 0 bridgehead atoms. The molecule has 1 aliphatic heterocycles. The molecule has 0 spiro atoms. The van der Waals surface area contributed by atoms with Crippen molar-refractivity contribution in [1.29, 1.82) is 0 Å². The molecule has 0 aromatic carbocycles. The van der Waals surface area contributed by atoms with Crippen molar-refractivity contribution < 1.29 is 13.2 Å². The summed E-state index contributed by atoms with van der Waals surface area (Å²) in [6.45, 7) is 5.01. The van der Waals surface area contributed by atoms with Crippen molar-refractivity contribution in [1.82, 2.24) is 10.0 Å². The average Bonchev–Trinajstić information content (AvgIpc) is 2.84. The maximum absolute atomic E-state index is 12.6. The van der Waals surface area contributed by atoms with Gasteiger partial charge in [0.1, 0.15) is 4.90 Å². The smallest absolute Gasteiger partial charge is 0.243 e. The van der Waals surface area contributed by atoms with Gasteiger partial charge in [-0.2, -0.15) is 0 Å². The Morgan fingerprint density at radius 1 is 1.60 bits per heavy atom. The standard InChI is InChI=1S/C12H19BrN2O3S2/c1-8-12(2,4-5-18-8)15-20(16,17)10-6-9(7-14-3)19-11(10)13/h6,8,14-15H,4-5,7H2,1-3H3. The molecule has 2 heterocycles. The molecule has 2 N–H and O–H groups in total. The molecule has 0 amide bonds. The second kappa shape index (κ2) is 6.02. The zero-order valence-electron chi connectivity index (χ0n) is 11.7. The van der Waals surface area contributed by atoms with Crippen LogP contribution in [0.5, 0.6) is 0 Å². The van der Waals surface area contributed by atoms with Crippen molar-refractivity contribution in [3.8, 4) is 0 Å². The lowest BCUT2D eigenvalue weighted by molar-refractivity contribution is 0.0957. The number of thiophene rings is 1. The molecule has 5 nitrogen and oxygen atoms in total. The Kier molecular flexibility index (Phi) is 4.93. The quantitative estimate of drug-likeness (QED) is 0.817. The Morgan fingerprint density at radius 2 is 2.30 bits per heavy atom. The predicted molar refractivity (Wildman–Crippen MR) is 83.5 cm³/mol. The van der Waals surface area contributed by atoms with Gasteiger partial charge in [0.15, 0.2) is 0 Å². The number of hydrogen-bond donors (Lipinski definition) is 2. The fraction of sp³-hybridized carbons (Fsp3) is 0.667. The first kappa shape index (κ1) is 16.4. The lowest BCUT2D eigenvalue weighted by Gasteiger charge is -2.28. The van der Waals surface area contributed by atoms with E-state index in [2.05, 4.69) is 26.0 Å². The molecular weight excluding hydrogens is 364 g/mol. The van der Waals surface area contributed by atoms with E-state index in [4.69, 9.17) is 4.74 Å². The van der Waals surface area contributed by atoms with E-state index < -0.39 is 15.6 Å². The van der Waals surface area contributed by atoms with E-state index in [1.165, 1.54) is 11.3 Å². The van der Waals surface area contributed by atoms with E-state index >= 15 is 0 Å². The number of ether oxygens (including phenoxy) is 1. The number of nitrogens with one attached hydrogen (secondary N) is 2. The number of sulfonamides is 1. The van der Waals surface area contributed by atoms with Gasteiger partial charge in [-0.15, -0.1) is 11.3 Å². The maximum Gasteiger partial charge on any atom is 0.243 e. The molecule has 114 valence electrons. The number of hydrogen-bond acceptors (Lipinski definition) is 5. The third-order valence-electron chi connectivity index (χ3n) is 3.60. The minimum atomic E-state index is -3.56. The fourth-order valence-electron chi connectivity index (χ4n) is 2.17. The fourth-order valence-corrected chi connectivity index (χ4v) is 6.36. The molecule has 1 aromatic heterocycles. The summed E-state index contributed by atoms with van der Waals surface area (Å²) in [4.78, 5) is 1.27. The van der Waals surface area contributed by atoms with Crippen molar-refractivity contribution in [2.45, 2.75) is 43.4 Å². The molecule has 8 heteroatoms. The van der Waals surface area contributed by atoms with E-state index in [1.807, 2.05) is 20.9 Å². The molecule has 2 unspecified atom stereocenters. The van der Waals surface area contributed by atoms with Gasteiger partial charge in [0.2, 0.25) is 10.0 Å². The molecule has 1 fully saturated rings. The van der Waals surface area contributed by atoms with Crippen LogP contribution in [-0.4, -0.2) is 33.7 Å². The molecule has 0 radical (unpaired) electrons.